The first-order valence-corrected chi connectivity index (χ1v) is 4.34. The van der Waals surface area contributed by atoms with E-state index >= 15 is 0 Å². The fourth-order valence-electron chi connectivity index (χ4n) is 1.84. The van der Waals surface area contributed by atoms with Crippen molar-refractivity contribution in [3.63, 3.8) is 0 Å². The van der Waals surface area contributed by atoms with Gasteiger partial charge in [-0.05, 0) is 0 Å². The minimum Gasteiger partial charge on any atom is -0.396 e. The molecule has 1 atom stereocenters. The molecular weight excluding hydrogens is 183 g/mol. The summed E-state index contributed by atoms with van der Waals surface area (Å²) in [5.74, 6) is -2.75. The highest BCUT2D eigenvalue weighted by Gasteiger charge is 2.71. The van der Waals surface area contributed by atoms with Crippen LogP contribution in [0, 0.1) is 5.41 Å². The highest BCUT2D eigenvalue weighted by Crippen LogP contribution is 2.60. The number of rotatable bonds is 3. The Bertz CT molecular complexity index is 217. The van der Waals surface area contributed by atoms with E-state index in [1.54, 1.807) is 4.90 Å². The molecule has 76 valence electrons. The van der Waals surface area contributed by atoms with Crippen molar-refractivity contribution in [2.45, 2.75) is 18.5 Å². The number of aliphatic hydroxyl groups is 1. The van der Waals surface area contributed by atoms with E-state index in [-0.39, 0.29) is 26.1 Å². The van der Waals surface area contributed by atoms with Crippen LogP contribution in [-0.2, 0) is 0 Å². The fourth-order valence-corrected chi connectivity index (χ4v) is 1.84. The Morgan fingerprint density at radius 2 is 1.92 bits per heavy atom. The molecule has 0 aromatic carbocycles. The molecule has 0 aromatic heterocycles. The lowest BCUT2D eigenvalue weighted by molar-refractivity contribution is -0.0146. The van der Waals surface area contributed by atoms with Gasteiger partial charge in [-0.15, -0.1) is 0 Å². The third-order valence-corrected chi connectivity index (χ3v) is 2.95. The molecule has 1 saturated carbocycles. The van der Waals surface area contributed by atoms with Crippen LogP contribution in [0.25, 0.3) is 0 Å². The molecule has 2 aliphatic rings. The van der Waals surface area contributed by atoms with Crippen LogP contribution >= 0.6 is 0 Å². The highest BCUT2D eigenvalue weighted by molar-refractivity contribution is 5.12. The average molecular weight is 195 g/mol. The summed E-state index contributed by atoms with van der Waals surface area (Å²) < 4.78 is 37.9. The van der Waals surface area contributed by atoms with Gasteiger partial charge in [0.15, 0.2) is 0 Å². The summed E-state index contributed by atoms with van der Waals surface area (Å²) in [6.07, 6.45) is -1.13. The van der Waals surface area contributed by atoms with Crippen molar-refractivity contribution in [1.29, 1.82) is 0 Å². The van der Waals surface area contributed by atoms with Gasteiger partial charge in [0, 0.05) is 26.1 Å². The Morgan fingerprint density at radius 3 is 2.23 bits per heavy atom. The predicted octanol–water partition coefficient (Wildman–Crippen LogP) is 0.658. The zero-order valence-corrected chi connectivity index (χ0v) is 7.14. The van der Waals surface area contributed by atoms with Crippen molar-refractivity contribution < 1.29 is 18.3 Å². The van der Waals surface area contributed by atoms with Gasteiger partial charge in [-0.2, -0.15) is 0 Å². The molecule has 0 aromatic rings. The van der Waals surface area contributed by atoms with Crippen LogP contribution in [0.4, 0.5) is 13.2 Å². The zero-order valence-electron chi connectivity index (χ0n) is 7.14. The summed E-state index contributed by atoms with van der Waals surface area (Å²) in [6.45, 7) is 0.0834. The fraction of sp³-hybridized carbons (Fsp3) is 1.00. The highest BCUT2D eigenvalue weighted by atomic mass is 19.3. The average Bonchev–Trinajstić information content (AvgIpc) is 2.51. The van der Waals surface area contributed by atoms with Gasteiger partial charge in [0.2, 0.25) is 0 Å². The first-order chi connectivity index (χ1) is 5.99. The standard InChI is InChI=1S/C8H12F3NO/c9-6-1-12(2-6)4-7(5-13)3-8(7,10)11/h6,13H,1-5H2/t7-/m1/s1. The molecule has 0 radical (unpaired) electrons. The van der Waals surface area contributed by atoms with Crippen molar-refractivity contribution in [2.75, 3.05) is 26.2 Å². The van der Waals surface area contributed by atoms with Gasteiger partial charge in [-0.3, -0.25) is 4.90 Å². The molecule has 0 amide bonds. The minimum absolute atomic E-state index is 0.122. The third-order valence-electron chi connectivity index (χ3n) is 2.95. The van der Waals surface area contributed by atoms with Crippen LogP contribution in [0.3, 0.4) is 0 Å². The van der Waals surface area contributed by atoms with Crippen molar-refractivity contribution in [3.05, 3.63) is 0 Å². The van der Waals surface area contributed by atoms with Gasteiger partial charge < -0.3 is 5.11 Å². The van der Waals surface area contributed by atoms with E-state index in [9.17, 15) is 13.2 Å². The Hall–Kier alpha value is -0.290. The molecule has 13 heavy (non-hydrogen) atoms. The van der Waals surface area contributed by atoms with Gasteiger partial charge in [-0.1, -0.05) is 0 Å². The van der Waals surface area contributed by atoms with E-state index in [2.05, 4.69) is 0 Å². The third kappa shape index (κ3) is 1.34. The Balaban J connectivity index is 1.87. The first kappa shape index (κ1) is 9.27. The molecule has 2 rings (SSSR count). The second kappa shape index (κ2) is 2.60. The van der Waals surface area contributed by atoms with Crippen LogP contribution < -0.4 is 0 Å². The number of halogens is 3. The lowest BCUT2D eigenvalue weighted by Crippen LogP contribution is -2.51. The molecule has 1 heterocycles. The van der Waals surface area contributed by atoms with E-state index in [1.807, 2.05) is 0 Å². The molecule has 2 fully saturated rings. The van der Waals surface area contributed by atoms with Gasteiger partial charge in [0.05, 0.1) is 12.0 Å². The maximum absolute atomic E-state index is 12.8. The Labute approximate surface area is 74.3 Å². The van der Waals surface area contributed by atoms with Gasteiger partial charge >= 0.3 is 0 Å². The van der Waals surface area contributed by atoms with Crippen molar-refractivity contribution in [3.8, 4) is 0 Å². The largest absolute Gasteiger partial charge is 0.396 e. The topological polar surface area (TPSA) is 23.5 Å². The van der Waals surface area contributed by atoms with Gasteiger partial charge in [-0.25, -0.2) is 13.2 Å². The van der Waals surface area contributed by atoms with Gasteiger partial charge in [0.25, 0.3) is 5.92 Å². The molecule has 0 bridgehead atoms. The molecular formula is C8H12F3NO. The summed E-state index contributed by atoms with van der Waals surface area (Å²) in [5, 5.41) is 8.83. The summed E-state index contributed by atoms with van der Waals surface area (Å²) in [6, 6.07) is 0. The van der Waals surface area contributed by atoms with Crippen molar-refractivity contribution in [1.82, 2.24) is 4.90 Å². The molecule has 0 unspecified atom stereocenters. The van der Waals surface area contributed by atoms with Crippen LogP contribution in [-0.4, -0.2) is 48.3 Å². The Kier molecular flexibility index (Phi) is 1.86. The molecule has 1 aliphatic carbocycles. The quantitative estimate of drug-likeness (QED) is 0.715. The van der Waals surface area contributed by atoms with E-state index in [0.29, 0.717) is 0 Å². The van der Waals surface area contributed by atoms with Gasteiger partial charge in [0.1, 0.15) is 6.17 Å². The smallest absolute Gasteiger partial charge is 0.258 e. The molecule has 5 heteroatoms. The number of hydrogen-bond acceptors (Lipinski definition) is 2. The predicted molar refractivity (Wildman–Crippen MR) is 40.4 cm³/mol. The normalized spacial score (nSPS) is 38.8. The number of likely N-dealkylation sites (tertiary alicyclic amines) is 1. The SMILES string of the molecule is OC[C@]1(CN2CC(F)C2)CC1(F)F. The second-order valence-corrected chi connectivity index (χ2v) is 4.11. The Morgan fingerprint density at radius 1 is 1.38 bits per heavy atom. The number of alkyl halides is 3. The number of hydrogen-bond donors (Lipinski definition) is 1. The van der Waals surface area contributed by atoms with Crippen LogP contribution in [0.1, 0.15) is 6.42 Å². The van der Waals surface area contributed by atoms with E-state index < -0.39 is 24.1 Å². The van der Waals surface area contributed by atoms with Crippen molar-refractivity contribution >= 4 is 0 Å². The molecule has 2 nitrogen and oxygen atoms in total. The molecule has 1 saturated heterocycles. The minimum atomic E-state index is -2.75. The molecule has 0 spiro atoms. The van der Waals surface area contributed by atoms with Crippen LogP contribution in [0.2, 0.25) is 0 Å². The van der Waals surface area contributed by atoms with Crippen LogP contribution in [0.5, 0.6) is 0 Å². The number of nitrogens with zero attached hydrogens (tertiary/aromatic N) is 1. The van der Waals surface area contributed by atoms with E-state index in [1.165, 1.54) is 0 Å². The monoisotopic (exact) mass is 195 g/mol. The lowest BCUT2D eigenvalue weighted by atomic mass is 10.0. The molecule has 1 N–H and O–H groups in total. The van der Waals surface area contributed by atoms with E-state index in [0.717, 1.165) is 0 Å². The maximum atomic E-state index is 12.8. The van der Waals surface area contributed by atoms with E-state index in [4.69, 9.17) is 5.11 Å². The second-order valence-electron chi connectivity index (χ2n) is 4.11. The molecule has 1 aliphatic heterocycles. The lowest BCUT2D eigenvalue weighted by Gasteiger charge is -2.36. The first-order valence-electron chi connectivity index (χ1n) is 4.34. The van der Waals surface area contributed by atoms with Crippen LogP contribution in [0.15, 0.2) is 0 Å². The summed E-state index contributed by atoms with van der Waals surface area (Å²) in [4.78, 5) is 1.63. The number of aliphatic hydroxyl groups excluding tert-OH is 1. The van der Waals surface area contributed by atoms with Crippen molar-refractivity contribution in [2.24, 2.45) is 5.41 Å². The maximum Gasteiger partial charge on any atom is 0.258 e. The summed E-state index contributed by atoms with van der Waals surface area (Å²) in [7, 11) is 0. The summed E-state index contributed by atoms with van der Waals surface area (Å²) in [5.41, 5.74) is -1.27. The summed E-state index contributed by atoms with van der Waals surface area (Å²) >= 11 is 0. The zero-order chi connectivity index (χ0) is 9.69.